The zero-order valence-corrected chi connectivity index (χ0v) is 13.7. The van der Waals surface area contributed by atoms with E-state index in [1.165, 1.54) is 9.13 Å². The summed E-state index contributed by atoms with van der Waals surface area (Å²) >= 11 is 2.29. The van der Waals surface area contributed by atoms with Crippen molar-refractivity contribution in [3.8, 4) is 0 Å². The van der Waals surface area contributed by atoms with Crippen LogP contribution in [0.25, 0.3) is 0 Å². The Bertz CT molecular complexity index is 390. The van der Waals surface area contributed by atoms with Gasteiger partial charge in [0, 0.05) is 9.99 Å². The summed E-state index contributed by atoms with van der Waals surface area (Å²) in [4.78, 5) is 11.7. The van der Waals surface area contributed by atoms with Gasteiger partial charge in [-0.15, -0.1) is 0 Å². The van der Waals surface area contributed by atoms with E-state index in [1.54, 1.807) is 0 Å². The van der Waals surface area contributed by atoms with Crippen LogP contribution >= 0.6 is 22.6 Å². The average Bonchev–Trinajstić information content (AvgIpc) is 2.18. The van der Waals surface area contributed by atoms with E-state index in [0.717, 1.165) is 6.42 Å². The monoisotopic (exact) mass is 360 g/mol. The summed E-state index contributed by atoms with van der Waals surface area (Å²) in [5.41, 5.74) is 0.881. The molecule has 2 nitrogen and oxygen atoms in total. The quantitative estimate of drug-likeness (QED) is 0.594. The van der Waals surface area contributed by atoms with Gasteiger partial charge in [0.05, 0.1) is 0 Å². The number of hydrogen-bond acceptors (Lipinski definition) is 2. The fraction of sp³-hybridized carbons (Fsp3) is 0.533. The predicted octanol–water partition coefficient (Wildman–Crippen LogP) is 4.20. The van der Waals surface area contributed by atoms with Gasteiger partial charge < -0.3 is 4.74 Å². The Morgan fingerprint density at radius 3 is 2.33 bits per heavy atom. The minimum atomic E-state index is -0.389. The van der Waals surface area contributed by atoms with Gasteiger partial charge in [-0.2, -0.15) is 0 Å². The van der Waals surface area contributed by atoms with Crippen LogP contribution in [0.5, 0.6) is 0 Å². The molecular formula is C15H21IO2. The van der Waals surface area contributed by atoms with E-state index in [1.807, 2.05) is 20.8 Å². The second-order valence-electron chi connectivity index (χ2n) is 5.73. The van der Waals surface area contributed by atoms with Crippen LogP contribution in [0.2, 0.25) is 0 Å². The highest BCUT2D eigenvalue weighted by Crippen LogP contribution is 2.16. The van der Waals surface area contributed by atoms with Crippen LogP contribution in [-0.4, -0.2) is 11.6 Å². The molecule has 1 aromatic rings. The molecule has 0 aromatic heterocycles. The third-order valence-electron chi connectivity index (χ3n) is 2.43. The molecule has 0 amide bonds. The van der Waals surface area contributed by atoms with Crippen molar-refractivity contribution in [1.29, 1.82) is 0 Å². The van der Waals surface area contributed by atoms with Gasteiger partial charge in [0.2, 0.25) is 0 Å². The predicted molar refractivity (Wildman–Crippen MR) is 82.5 cm³/mol. The first-order valence-corrected chi connectivity index (χ1v) is 7.30. The van der Waals surface area contributed by atoms with Gasteiger partial charge in [0.15, 0.2) is 0 Å². The van der Waals surface area contributed by atoms with Gasteiger partial charge >= 0.3 is 5.97 Å². The smallest absolute Gasteiger partial charge is 0.306 e. The maximum Gasteiger partial charge on any atom is 0.306 e. The van der Waals surface area contributed by atoms with Gasteiger partial charge in [0.1, 0.15) is 5.60 Å². The maximum atomic E-state index is 11.7. The van der Waals surface area contributed by atoms with E-state index in [4.69, 9.17) is 4.74 Å². The first-order valence-electron chi connectivity index (χ1n) is 6.22. The molecule has 0 fully saturated rings. The molecule has 1 unspecified atom stereocenters. The van der Waals surface area contributed by atoms with Gasteiger partial charge in [-0.25, -0.2) is 0 Å². The normalized spacial score (nSPS) is 13.2. The van der Waals surface area contributed by atoms with Crippen molar-refractivity contribution in [2.24, 2.45) is 5.92 Å². The molecule has 18 heavy (non-hydrogen) atoms. The van der Waals surface area contributed by atoms with E-state index in [9.17, 15) is 4.79 Å². The van der Waals surface area contributed by atoms with E-state index in [2.05, 4.69) is 53.8 Å². The number of carbonyl (C=O) groups is 1. The Morgan fingerprint density at radius 2 is 1.83 bits per heavy atom. The fourth-order valence-corrected chi connectivity index (χ4v) is 2.12. The lowest BCUT2D eigenvalue weighted by atomic mass is 9.98. The summed E-state index contributed by atoms with van der Waals surface area (Å²) in [6.07, 6.45) is 1.39. The van der Waals surface area contributed by atoms with Gasteiger partial charge in [-0.3, -0.25) is 4.79 Å². The minimum absolute atomic E-state index is 0.111. The van der Waals surface area contributed by atoms with Crippen molar-refractivity contribution in [2.75, 3.05) is 0 Å². The van der Waals surface area contributed by atoms with Crippen LogP contribution in [0.1, 0.15) is 39.7 Å². The third-order valence-corrected chi connectivity index (χ3v) is 3.15. The molecule has 3 heteroatoms. The first kappa shape index (κ1) is 15.5. The standard InChI is InChI=1S/C15H21IO2/c1-11(10-14(17)18-15(2,3)4)9-12-5-7-13(16)8-6-12/h5-8,11H,9-10H2,1-4H3. The maximum absolute atomic E-state index is 11.7. The molecule has 100 valence electrons. The highest BCUT2D eigenvalue weighted by molar-refractivity contribution is 14.1. The molecule has 0 bridgehead atoms. The zero-order chi connectivity index (χ0) is 13.8. The molecule has 0 spiro atoms. The van der Waals surface area contributed by atoms with E-state index < -0.39 is 0 Å². The highest BCUT2D eigenvalue weighted by Gasteiger charge is 2.18. The molecule has 1 rings (SSSR count). The number of benzene rings is 1. The molecule has 0 aliphatic heterocycles. The Kier molecular flexibility index (Phi) is 5.63. The number of esters is 1. The summed E-state index contributed by atoms with van der Waals surface area (Å²) < 4.78 is 6.56. The molecule has 0 aliphatic rings. The second kappa shape index (κ2) is 6.55. The summed E-state index contributed by atoms with van der Waals surface area (Å²) in [5.74, 6) is 0.195. The lowest BCUT2D eigenvalue weighted by Crippen LogP contribution is -2.25. The van der Waals surface area contributed by atoms with Crippen LogP contribution in [0.3, 0.4) is 0 Å². The Morgan fingerprint density at radius 1 is 1.28 bits per heavy atom. The summed E-state index contributed by atoms with van der Waals surface area (Å²) in [7, 11) is 0. The van der Waals surface area contributed by atoms with Crippen LogP contribution in [-0.2, 0) is 16.0 Å². The molecule has 0 N–H and O–H groups in total. The molecule has 1 aromatic carbocycles. The van der Waals surface area contributed by atoms with Gasteiger partial charge in [-0.1, -0.05) is 19.1 Å². The molecule has 0 saturated heterocycles. The van der Waals surface area contributed by atoms with Crippen molar-refractivity contribution < 1.29 is 9.53 Å². The van der Waals surface area contributed by atoms with Crippen LogP contribution in [0, 0.1) is 9.49 Å². The van der Waals surface area contributed by atoms with Crippen LogP contribution in [0.15, 0.2) is 24.3 Å². The molecular weight excluding hydrogens is 339 g/mol. The van der Waals surface area contributed by atoms with E-state index in [0.29, 0.717) is 12.3 Å². The zero-order valence-electron chi connectivity index (χ0n) is 11.5. The van der Waals surface area contributed by atoms with Crippen molar-refractivity contribution in [3.05, 3.63) is 33.4 Å². The largest absolute Gasteiger partial charge is 0.460 e. The van der Waals surface area contributed by atoms with Crippen molar-refractivity contribution in [3.63, 3.8) is 0 Å². The lowest BCUT2D eigenvalue weighted by molar-refractivity contribution is -0.155. The Labute approximate surface area is 123 Å². The molecule has 1 atom stereocenters. The first-order chi connectivity index (χ1) is 8.26. The number of hydrogen-bond donors (Lipinski definition) is 0. The second-order valence-corrected chi connectivity index (χ2v) is 6.97. The average molecular weight is 360 g/mol. The number of halogens is 1. The number of ether oxygens (including phenoxy) is 1. The topological polar surface area (TPSA) is 26.3 Å². The lowest BCUT2D eigenvalue weighted by Gasteiger charge is -2.21. The molecule has 0 saturated carbocycles. The minimum Gasteiger partial charge on any atom is -0.460 e. The van der Waals surface area contributed by atoms with Crippen molar-refractivity contribution in [1.82, 2.24) is 0 Å². The van der Waals surface area contributed by atoms with Gasteiger partial charge in [0.25, 0.3) is 0 Å². The molecule has 0 aliphatic carbocycles. The van der Waals surface area contributed by atoms with Gasteiger partial charge in [-0.05, 0) is 73.4 Å². The number of rotatable bonds is 4. The highest BCUT2D eigenvalue weighted by atomic mass is 127. The summed E-state index contributed by atoms with van der Waals surface area (Å²) in [5, 5.41) is 0. The fourth-order valence-electron chi connectivity index (χ4n) is 1.76. The van der Waals surface area contributed by atoms with Crippen molar-refractivity contribution >= 4 is 28.6 Å². The number of carbonyl (C=O) groups excluding carboxylic acids is 1. The summed E-state index contributed by atoms with van der Waals surface area (Å²) in [6.45, 7) is 7.78. The van der Waals surface area contributed by atoms with E-state index >= 15 is 0 Å². The Hall–Kier alpha value is -0.580. The SMILES string of the molecule is CC(CC(=O)OC(C)(C)C)Cc1ccc(I)cc1. The summed E-state index contributed by atoms with van der Waals surface area (Å²) in [6, 6.07) is 8.42. The van der Waals surface area contributed by atoms with E-state index in [-0.39, 0.29) is 11.6 Å². The van der Waals surface area contributed by atoms with Crippen LogP contribution < -0.4 is 0 Å². The van der Waals surface area contributed by atoms with Crippen LogP contribution in [0.4, 0.5) is 0 Å². The molecule has 0 radical (unpaired) electrons. The van der Waals surface area contributed by atoms with Crippen molar-refractivity contribution in [2.45, 2.75) is 46.1 Å². The molecule has 0 heterocycles. The Balaban J connectivity index is 2.44. The third kappa shape index (κ3) is 6.38.